The molecule has 5 fully saturated rings. The van der Waals surface area contributed by atoms with Gasteiger partial charge in [-0.25, -0.2) is 18.3 Å². The Morgan fingerprint density at radius 3 is 2.77 bits per heavy atom. The van der Waals surface area contributed by atoms with Crippen molar-refractivity contribution in [2.75, 3.05) is 26.2 Å². The summed E-state index contributed by atoms with van der Waals surface area (Å²) in [5.74, 6) is -0.925. The van der Waals surface area contributed by atoms with Gasteiger partial charge in [0.05, 0.1) is 48.8 Å². The molecule has 0 radical (unpaired) electrons. The summed E-state index contributed by atoms with van der Waals surface area (Å²) in [6.07, 6.45) is 3.24. The molecule has 3 N–H and O–H groups in total. The van der Waals surface area contributed by atoms with Crippen LogP contribution in [0, 0.1) is 40.9 Å². The number of rotatable bonds is 4. The molecule has 0 aromatic carbocycles. The Bertz CT molecular complexity index is 1400. The first-order valence-electron chi connectivity index (χ1n) is 18.0. The summed E-state index contributed by atoms with van der Waals surface area (Å²) in [4.78, 5) is 33.0. The molecule has 6 heterocycles. The van der Waals surface area contributed by atoms with Crippen molar-refractivity contribution < 1.29 is 18.4 Å². The molecule has 1 saturated carbocycles. The predicted octanol–water partition coefficient (Wildman–Crippen LogP) is 2.20. The van der Waals surface area contributed by atoms with Gasteiger partial charge in [-0.1, -0.05) is 32.1 Å². The lowest BCUT2D eigenvalue weighted by Crippen LogP contribution is -2.79. The molecule has 1 aromatic heterocycles. The van der Waals surface area contributed by atoms with Crippen LogP contribution >= 0.6 is 0 Å². The third-order valence-corrected chi connectivity index (χ3v) is 12.4. The number of halogens is 2. The highest BCUT2D eigenvalue weighted by Gasteiger charge is 2.57. The molecule has 6 aliphatic rings. The van der Waals surface area contributed by atoms with Gasteiger partial charge in [-0.2, -0.15) is 5.26 Å². The fourth-order valence-electron chi connectivity index (χ4n) is 10.2. The van der Waals surface area contributed by atoms with Gasteiger partial charge in [0.1, 0.15) is 12.3 Å². The third-order valence-electron chi connectivity index (χ3n) is 12.4. The molecule has 2 bridgehead atoms. The van der Waals surface area contributed by atoms with Gasteiger partial charge in [-0.15, -0.1) is 5.10 Å². The number of carbonyl (C=O) groups excluding carboxylic acids is 2. The van der Waals surface area contributed by atoms with Crippen LogP contribution in [0.2, 0.25) is 0 Å². The first-order valence-corrected chi connectivity index (χ1v) is 18.0. The van der Waals surface area contributed by atoms with Crippen molar-refractivity contribution in [3.63, 3.8) is 0 Å². The SMILES string of the molecule is C=CC(=O)N1CCN(C2NC(=O)N3C4NC(C(F)CC24)C2C(F)CCCC2Cc2cnnn2CC2CCNC(C(C)C)C23)CC1CC#N. The molecule has 1 aromatic rings. The van der Waals surface area contributed by atoms with E-state index in [0.717, 1.165) is 31.5 Å². The quantitative estimate of drug-likeness (QED) is 0.416. The van der Waals surface area contributed by atoms with Crippen LogP contribution in [0.5, 0.6) is 0 Å². The van der Waals surface area contributed by atoms with E-state index in [4.69, 9.17) is 0 Å². The second-order valence-corrected chi connectivity index (χ2v) is 15.3. The number of nitrogens with zero attached hydrogens (tertiary/aromatic N) is 7. The Morgan fingerprint density at radius 2 is 2.00 bits per heavy atom. The van der Waals surface area contributed by atoms with Gasteiger partial charge in [-0.05, 0) is 56.6 Å². The zero-order chi connectivity index (χ0) is 33.7. The van der Waals surface area contributed by atoms with Gasteiger partial charge in [0.25, 0.3) is 0 Å². The van der Waals surface area contributed by atoms with Gasteiger partial charge in [0, 0.05) is 56.0 Å². The number of piperidine rings is 2. The standard InChI is InChI=1S/C34H50F2N10O2/c1-4-27(47)44-13-12-43(18-22(44)8-10-37)32-24-15-26(36)30-28-20(6-5-7-25(28)35)14-23-16-39-42-45(23)17-21-9-11-38-29(19(2)3)31(21)46(33(24)40-30)34(48)41-32/h4,16,19-22,24-26,28-33,38,40H,1,5-9,11-15,17-18H2,2-3H3,(H,41,48). The lowest BCUT2D eigenvalue weighted by molar-refractivity contribution is -0.134. The molecule has 12 nitrogen and oxygen atoms in total. The smallest absolute Gasteiger partial charge is 0.320 e. The predicted molar refractivity (Wildman–Crippen MR) is 173 cm³/mol. The number of fused-ring (bicyclic) bond motifs is 6. The number of alkyl halides is 2. The fourth-order valence-corrected chi connectivity index (χ4v) is 10.2. The molecule has 48 heavy (non-hydrogen) atoms. The highest BCUT2D eigenvalue weighted by molar-refractivity contribution is 5.87. The lowest BCUT2D eigenvalue weighted by atomic mass is 9.68. The van der Waals surface area contributed by atoms with Gasteiger partial charge in [-0.3, -0.25) is 15.0 Å². The van der Waals surface area contributed by atoms with Crippen LogP contribution < -0.4 is 16.0 Å². The Hall–Kier alpha value is -3.15. The zero-order valence-corrected chi connectivity index (χ0v) is 28.1. The van der Waals surface area contributed by atoms with Gasteiger partial charge in [0.2, 0.25) is 5.91 Å². The van der Waals surface area contributed by atoms with E-state index in [2.05, 4.69) is 57.7 Å². The molecule has 262 valence electrons. The van der Waals surface area contributed by atoms with Crippen molar-refractivity contribution in [1.82, 2.24) is 45.6 Å². The Labute approximate surface area is 281 Å². The summed E-state index contributed by atoms with van der Waals surface area (Å²) in [6, 6.07) is 0.601. The van der Waals surface area contributed by atoms with E-state index in [1.165, 1.54) is 6.08 Å². The van der Waals surface area contributed by atoms with Crippen molar-refractivity contribution in [2.24, 2.45) is 29.6 Å². The van der Waals surface area contributed by atoms with Gasteiger partial charge < -0.3 is 20.4 Å². The molecule has 12 unspecified atom stereocenters. The Morgan fingerprint density at radius 1 is 1.17 bits per heavy atom. The first kappa shape index (κ1) is 33.4. The molecule has 12 atom stereocenters. The van der Waals surface area contributed by atoms with Gasteiger partial charge >= 0.3 is 6.03 Å². The summed E-state index contributed by atoms with van der Waals surface area (Å²) in [6.45, 7) is 10.6. The van der Waals surface area contributed by atoms with Crippen LogP contribution in [0.4, 0.5) is 13.6 Å². The fraction of sp³-hybridized carbons (Fsp3) is 0.794. The highest BCUT2D eigenvalue weighted by atomic mass is 19.1. The largest absolute Gasteiger partial charge is 0.333 e. The normalized spacial score (nSPS) is 40.3. The van der Waals surface area contributed by atoms with E-state index in [-0.39, 0.29) is 66.6 Å². The van der Waals surface area contributed by atoms with Crippen molar-refractivity contribution >= 4 is 11.9 Å². The van der Waals surface area contributed by atoms with Crippen LogP contribution in [0.3, 0.4) is 0 Å². The summed E-state index contributed by atoms with van der Waals surface area (Å²) in [5.41, 5.74) is 0.947. The van der Waals surface area contributed by atoms with E-state index in [9.17, 15) is 14.9 Å². The summed E-state index contributed by atoms with van der Waals surface area (Å²) in [5, 5.41) is 29.0. The molecule has 14 heteroatoms. The van der Waals surface area contributed by atoms with E-state index >= 15 is 8.78 Å². The average molecular weight is 669 g/mol. The van der Waals surface area contributed by atoms with E-state index in [0.29, 0.717) is 39.0 Å². The number of amides is 3. The van der Waals surface area contributed by atoms with Crippen LogP contribution in [-0.2, 0) is 17.8 Å². The maximum Gasteiger partial charge on any atom is 0.320 e. The molecule has 3 amide bonds. The first-order chi connectivity index (χ1) is 23.2. The zero-order valence-electron chi connectivity index (χ0n) is 28.1. The minimum atomic E-state index is -1.32. The number of aromatic nitrogens is 3. The molecular formula is C34H50F2N10O2. The molecule has 1 aliphatic carbocycles. The Kier molecular flexibility index (Phi) is 9.47. The Balaban J connectivity index is 1.29. The van der Waals surface area contributed by atoms with Crippen LogP contribution in [0.1, 0.15) is 58.1 Å². The minimum Gasteiger partial charge on any atom is -0.333 e. The number of hydrogen-bond donors (Lipinski definition) is 3. The average Bonchev–Trinajstić information content (AvgIpc) is 3.50. The topological polar surface area (TPSA) is 134 Å². The van der Waals surface area contributed by atoms with Gasteiger partial charge in [0.15, 0.2) is 0 Å². The molecule has 0 spiro atoms. The summed E-state index contributed by atoms with van der Waals surface area (Å²) >= 11 is 0. The second kappa shape index (κ2) is 13.6. The lowest BCUT2D eigenvalue weighted by Gasteiger charge is -2.60. The van der Waals surface area contributed by atoms with Crippen molar-refractivity contribution in [3.05, 3.63) is 24.5 Å². The van der Waals surface area contributed by atoms with Crippen LogP contribution in [-0.4, -0.2) is 117 Å². The van der Waals surface area contributed by atoms with Crippen LogP contribution in [0.15, 0.2) is 18.9 Å². The maximum absolute atomic E-state index is 16.8. The number of nitrogens with one attached hydrogen (secondary N) is 3. The summed E-state index contributed by atoms with van der Waals surface area (Å²) < 4.78 is 34.9. The number of piperazine rings is 1. The second-order valence-electron chi connectivity index (χ2n) is 15.3. The van der Waals surface area contributed by atoms with E-state index < -0.39 is 36.6 Å². The van der Waals surface area contributed by atoms with Crippen molar-refractivity contribution in [2.45, 2.75) is 114 Å². The molecule has 7 rings (SSSR count). The van der Waals surface area contributed by atoms with E-state index in [1.807, 2.05) is 9.58 Å². The molecule has 4 saturated heterocycles. The minimum absolute atomic E-state index is 0.0187. The summed E-state index contributed by atoms with van der Waals surface area (Å²) in [7, 11) is 0. The van der Waals surface area contributed by atoms with E-state index in [1.54, 1.807) is 11.1 Å². The number of nitriles is 1. The molecular weight excluding hydrogens is 618 g/mol. The number of carbonyl (C=O) groups is 2. The highest BCUT2D eigenvalue weighted by Crippen LogP contribution is 2.45. The number of urea groups is 1. The van der Waals surface area contributed by atoms with Crippen molar-refractivity contribution in [3.8, 4) is 6.07 Å². The third kappa shape index (κ3) is 5.89. The van der Waals surface area contributed by atoms with Crippen molar-refractivity contribution in [1.29, 1.82) is 5.26 Å². The van der Waals surface area contributed by atoms with Crippen LogP contribution in [0.25, 0.3) is 0 Å². The number of hydrogen-bond acceptors (Lipinski definition) is 8. The monoisotopic (exact) mass is 668 g/mol. The molecule has 5 aliphatic heterocycles. The maximum atomic E-state index is 16.8.